The molecule has 1 N–H and O–H groups in total. The van der Waals surface area contributed by atoms with E-state index < -0.39 is 12.1 Å². The summed E-state index contributed by atoms with van der Waals surface area (Å²) in [6, 6.07) is 6.98. The van der Waals surface area contributed by atoms with Gasteiger partial charge in [0.1, 0.15) is 6.61 Å². The Hall–Kier alpha value is -1.59. The van der Waals surface area contributed by atoms with Crippen molar-refractivity contribution in [2.75, 3.05) is 13.7 Å². The summed E-state index contributed by atoms with van der Waals surface area (Å²) in [7, 11) is 1.71. The van der Waals surface area contributed by atoms with Gasteiger partial charge in [-0.25, -0.2) is 0 Å². The van der Waals surface area contributed by atoms with Gasteiger partial charge in [-0.2, -0.15) is 0 Å². The zero-order chi connectivity index (χ0) is 16.4. The van der Waals surface area contributed by atoms with Crippen LogP contribution in [0.15, 0.2) is 24.3 Å². The number of carbonyl (C=O) groups is 2. The highest BCUT2D eigenvalue weighted by Crippen LogP contribution is 2.30. The van der Waals surface area contributed by atoms with Crippen molar-refractivity contribution >= 4 is 23.4 Å². The fraction of sp³-hybridized carbons (Fsp3) is 0.529. The maximum atomic E-state index is 12.7. The van der Waals surface area contributed by atoms with Crippen molar-refractivity contribution in [1.82, 2.24) is 10.2 Å². The van der Waals surface area contributed by atoms with Gasteiger partial charge in [-0.15, -0.1) is 0 Å². The number of hydrogen-bond donors (Lipinski definition) is 1. The number of benzene rings is 1. The summed E-state index contributed by atoms with van der Waals surface area (Å²) in [5, 5.41) is 3.68. The Labute approximate surface area is 140 Å². The predicted octanol–water partition coefficient (Wildman–Crippen LogP) is 2.30. The summed E-state index contributed by atoms with van der Waals surface area (Å²) >= 11 is 5.94. The predicted molar refractivity (Wildman–Crippen MR) is 87.1 cm³/mol. The van der Waals surface area contributed by atoms with Gasteiger partial charge in [0.2, 0.25) is 5.91 Å². The van der Waals surface area contributed by atoms with E-state index in [0.717, 1.165) is 31.2 Å². The standard InChI is InChI=1S/C17H21ClN2O3/c1-20-14(21)10-23-16(17(22)19-13-4-2-3-5-13)15(20)11-6-8-12(18)9-7-11/h6-9,13,15-16H,2-5,10H2,1H3,(H,19,22)/t15-,16+/m1/s1. The van der Waals surface area contributed by atoms with E-state index in [1.54, 1.807) is 24.1 Å². The van der Waals surface area contributed by atoms with Crippen LogP contribution in [-0.4, -0.2) is 42.5 Å². The lowest BCUT2D eigenvalue weighted by atomic mass is 9.97. The molecule has 1 aliphatic heterocycles. The number of amides is 2. The second kappa shape index (κ2) is 6.89. The summed E-state index contributed by atoms with van der Waals surface area (Å²) in [5.41, 5.74) is 0.844. The number of ether oxygens (including phenoxy) is 1. The van der Waals surface area contributed by atoms with Crippen LogP contribution >= 0.6 is 11.6 Å². The Morgan fingerprint density at radius 2 is 1.91 bits per heavy atom. The van der Waals surface area contributed by atoms with Gasteiger partial charge in [0.05, 0.1) is 6.04 Å². The molecule has 1 heterocycles. The van der Waals surface area contributed by atoms with Crippen LogP contribution in [0.25, 0.3) is 0 Å². The highest BCUT2D eigenvalue weighted by molar-refractivity contribution is 6.30. The van der Waals surface area contributed by atoms with Crippen LogP contribution in [0.5, 0.6) is 0 Å². The second-order valence-electron chi connectivity index (χ2n) is 6.22. The number of morpholine rings is 1. The molecule has 2 amide bonds. The van der Waals surface area contributed by atoms with Crippen molar-refractivity contribution in [3.05, 3.63) is 34.9 Å². The Morgan fingerprint density at radius 1 is 1.26 bits per heavy atom. The number of halogens is 1. The minimum Gasteiger partial charge on any atom is -0.356 e. The lowest BCUT2D eigenvalue weighted by Gasteiger charge is -2.38. The molecule has 0 aromatic heterocycles. The SMILES string of the molecule is CN1C(=O)CO[C@H](C(=O)NC2CCCC2)[C@H]1c1ccc(Cl)cc1. The molecule has 3 rings (SSSR count). The van der Waals surface area contributed by atoms with E-state index in [1.807, 2.05) is 12.1 Å². The maximum Gasteiger partial charge on any atom is 0.251 e. The van der Waals surface area contributed by atoms with Gasteiger partial charge >= 0.3 is 0 Å². The van der Waals surface area contributed by atoms with Crippen LogP contribution in [-0.2, 0) is 14.3 Å². The van der Waals surface area contributed by atoms with E-state index in [1.165, 1.54) is 0 Å². The fourth-order valence-corrected chi connectivity index (χ4v) is 3.47. The molecule has 1 aromatic carbocycles. The first kappa shape index (κ1) is 16.3. The van der Waals surface area contributed by atoms with Crippen molar-refractivity contribution in [3.8, 4) is 0 Å². The normalized spacial score (nSPS) is 25.7. The molecular formula is C17H21ClN2O3. The Balaban J connectivity index is 1.81. The van der Waals surface area contributed by atoms with Crippen LogP contribution in [0.1, 0.15) is 37.3 Å². The van der Waals surface area contributed by atoms with Gasteiger partial charge in [0.15, 0.2) is 6.10 Å². The first-order valence-corrected chi connectivity index (χ1v) is 8.37. The molecule has 0 bridgehead atoms. The number of rotatable bonds is 3. The average molecular weight is 337 g/mol. The number of likely N-dealkylation sites (N-methyl/N-ethyl adjacent to an activating group) is 1. The first-order valence-electron chi connectivity index (χ1n) is 7.99. The molecule has 6 heteroatoms. The minimum atomic E-state index is -0.695. The monoisotopic (exact) mass is 336 g/mol. The zero-order valence-electron chi connectivity index (χ0n) is 13.1. The molecule has 0 spiro atoms. The molecular weight excluding hydrogens is 316 g/mol. The summed E-state index contributed by atoms with van der Waals surface area (Å²) in [5.74, 6) is -0.272. The van der Waals surface area contributed by atoms with E-state index in [0.29, 0.717) is 5.02 Å². The van der Waals surface area contributed by atoms with Gasteiger partial charge in [-0.3, -0.25) is 9.59 Å². The van der Waals surface area contributed by atoms with Crippen LogP contribution in [0.2, 0.25) is 5.02 Å². The highest BCUT2D eigenvalue weighted by atomic mass is 35.5. The number of nitrogens with zero attached hydrogens (tertiary/aromatic N) is 1. The quantitative estimate of drug-likeness (QED) is 0.921. The highest BCUT2D eigenvalue weighted by Gasteiger charge is 2.40. The summed E-state index contributed by atoms with van der Waals surface area (Å²) < 4.78 is 5.59. The van der Waals surface area contributed by atoms with Crippen molar-refractivity contribution < 1.29 is 14.3 Å². The minimum absolute atomic E-state index is 0.0661. The van der Waals surface area contributed by atoms with Gasteiger partial charge in [-0.1, -0.05) is 36.6 Å². The van der Waals surface area contributed by atoms with E-state index in [2.05, 4.69) is 5.32 Å². The van der Waals surface area contributed by atoms with Gasteiger partial charge in [0.25, 0.3) is 5.91 Å². The van der Waals surface area contributed by atoms with Crippen LogP contribution < -0.4 is 5.32 Å². The lowest BCUT2D eigenvalue weighted by molar-refractivity contribution is -0.162. The summed E-state index contributed by atoms with van der Waals surface area (Å²) in [4.78, 5) is 26.2. The van der Waals surface area contributed by atoms with Crippen LogP contribution in [0.3, 0.4) is 0 Å². The first-order chi connectivity index (χ1) is 11.1. The number of carbonyl (C=O) groups excluding carboxylic acids is 2. The molecule has 23 heavy (non-hydrogen) atoms. The van der Waals surface area contributed by atoms with Crippen molar-refractivity contribution in [3.63, 3.8) is 0 Å². The number of nitrogens with one attached hydrogen (secondary N) is 1. The molecule has 2 aliphatic rings. The van der Waals surface area contributed by atoms with Gasteiger partial charge in [-0.05, 0) is 30.5 Å². The molecule has 1 saturated carbocycles. The molecule has 5 nitrogen and oxygen atoms in total. The molecule has 1 aliphatic carbocycles. The van der Waals surface area contributed by atoms with Gasteiger partial charge in [0, 0.05) is 18.1 Å². The summed E-state index contributed by atoms with van der Waals surface area (Å²) in [6.07, 6.45) is 3.63. The van der Waals surface area contributed by atoms with Gasteiger partial charge < -0.3 is 15.0 Å². The van der Waals surface area contributed by atoms with Crippen molar-refractivity contribution in [2.24, 2.45) is 0 Å². The largest absolute Gasteiger partial charge is 0.356 e. The van der Waals surface area contributed by atoms with Crippen molar-refractivity contribution in [2.45, 2.75) is 43.9 Å². The van der Waals surface area contributed by atoms with Crippen LogP contribution in [0, 0.1) is 0 Å². The Bertz CT molecular complexity index is 584. The third-order valence-corrected chi connectivity index (χ3v) is 4.91. The molecule has 2 fully saturated rings. The molecule has 0 unspecified atom stereocenters. The topological polar surface area (TPSA) is 58.6 Å². The molecule has 0 radical (unpaired) electrons. The Kier molecular flexibility index (Phi) is 4.87. The van der Waals surface area contributed by atoms with Crippen LogP contribution in [0.4, 0.5) is 0 Å². The van der Waals surface area contributed by atoms with E-state index in [-0.39, 0.29) is 24.5 Å². The third-order valence-electron chi connectivity index (χ3n) is 4.66. The summed E-state index contributed by atoms with van der Waals surface area (Å²) in [6.45, 7) is -0.0661. The average Bonchev–Trinajstić information content (AvgIpc) is 3.04. The third kappa shape index (κ3) is 3.51. The van der Waals surface area contributed by atoms with E-state index >= 15 is 0 Å². The smallest absolute Gasteiger partial charge is 0.251 e. The van der Waals surface area contributed by atoms with E-state index in [9.17, 15) is 9.59 Å². The van der Waals surface area contributed by atoms with E-state index in [4.69, 9.17) is 16.3 Å². The number of hydrogen-bond acceptors (Lipinski definition) is 3. The lowest BCUT2D eigenvalue weighted by Crippen LogP contribution is -2.54. The molecule has 2 atom stereocenters. The molecule has 124 valence electrons. The van der Waals surface area contributed by atoms with Crippen molar-refractivity contribution in [1.29, 1.82) is 0 Å². The molecule has 1 aromatic rings. The maximum absolute atomic E-state index is 12.7. The fourth-order valence-electron chi connectivity index (χ4n) is 3.34. The molecule has 1 saturated heterocycles. The zero-order valence-corrected chi connectivity index (χ0v) is 13.9. The second-order valence-corrected chi connectivity index (χ2v) is 6.66. The Morgan fingerprint density at radius 3 is 2.57 bits per heavy atom.